The lowest BCUT2D eigenvalue weighted by molar-refractivity contribution is 0.841. The van der Waals surface area contributed by atoms with Crippen LogP contribution in [0.1, 0.15) is 22.9 Å². The molecule has 2 rings (SSSR count). The Labute approximate surface area is 123 Å². The van der Waals surface area contributed by atoms with Crippen molar-refractivity contribution in [2.75, 3.05) is 11.4 Å². The summed E-state index contributed by atoms with van der Waals surface area (Å²) in [7, 11) is 0. The van der Waals surface area contributed by atoms with Crippen molar-refractivity contribution in [3.8, 4) is 0 Å². The van der Waals surface area contributed by atoms with E-state index >= 15 is 0 Å². The van der Waals surface area contributed by atoms with E-state index in [4.69, 9.17) is 18.0 Å². The smallest absolute Gasteiger partial charge is 0.106 e. The molecule has 100 valence electrons. The molecule has 0 radical (unpaired) electrons. The van der Waals surface area contributed by atoms with Crippen molar-refractivity contribution in [3.63, 3.8) is 0 Å². The van der Waals surface area contributed by atoms with Crippen molar-refractivity contribution in [1.82, 2.24) is 0 Å². The highest BCUT2D eigenvalue weighted by atomic mass is 32.1. The van der Waals surface area contributed by atoms with Gasteiger partial charge in [-0.3, -0.25) is 0 Å². The molecule has 0 fully saturated rings. The lowest BCUT2D eigenvalue weighted by Crippen LogP contribution is -2.25. The standard InChI is InChI=1S/C15H18N2S2/c1-3-17(10-12-5-4-8-19-12)14-7-6-11(2)9-13(14)15(16)18/h4-9H,3,10H2,1-2H3,(H2,16,18). The molecule has 0 amide bonds. The van der Waals surface area contributed by atoms with E-state index in [2.05, 4.69) is 54.5 Å². The molecule has 0 spiro atoms. The molecule has 1 aromatic heterocycles. The van der Waals surface area contributed by atoms with Crippen LogP contribution in [-0.4, -0.2) is 11.5 Å². The number of rotatable bonds is 5. The fourth-order valence-electron chi connectivity index (χ4n) is 2.08. The van der Waals surface area contributed by atoms with Crippen LogP contribution in [0.2, 0.25) is 0 Å². The van der Waals surface area contributed by atoms with Gasteiger partial charge in [-0.1, -0.05) is 29.9 Å². The van der Waals surface area contributed by atoms with Gasteiger partial charge in [0.1, 0.15) is 4.99 Å². The summed E-state index contributed by atoms with van der Waals surface area (Å²) in [5.41, 5.74) is 9.12. The predicted molar refractivity (Wildman–Crippen MR) is 88.1 cm³/mol. The highest BCUT2D eigenvalue weighted by molar-refractivity contribution is 7.80. The molecule has 19 heavy (non-hydrogen) atoms. The first-order chi connectivity index (χ1) is 9.11. The van der Waals surface area contributed by atoms with E-state index in [-0.39, 0.29) is 0 Å². The first-order valence-corrected chi connectivity index (χ1v) is 7.58. The van der Waals surface area contributed by atoms with Crippen LogP contribution in [0.15, 0.2) is 35.7 Å². The molecule has 2 nitrogen and oxygen atoms in total. The first-order valence-electron chi connectivity index (χ1n) is 6.29. The normalized spacial score (nSPS) is 10.4. The van der Waals surface area contributed by atoms with E-state index in [9.17, 15) is 0 Å². The van der Waals surface area contributed by atoms with E-state index in [1.165, 1.54) is 10.4 Å². The van der Waals surface area contributed by atoms with Gasteiger partial charge in [0.15, 0.2) is 0 Å². The molecule has 0 bridgehead atoms. The van der Waals surface area contributed by atoms with Crippen LogP contribution in [-0.2, 0) is 6.54 Å². The maximum Gasteiger partial charge on any atom is 0.106 e. The molecule has 0 saturated carbocycles. The summed E-state index contributed by atoms with van der Waals surface area (Å²) in [4.78, 5) is 4.11. The minimum absolute atomic E-state index is 0.461. The summed E-state index contributed by atoms with van der Waals surface area (Å²) in [5.74, 6) is 0. The highest BCUT2D eigenvalue weighted by Gasteiger charge is 2.12. The Bertz CT molecular complexity index is 562. The molecule has 2 aromatic rings. The highest BCUT2D eigenvalue weighted by Crippen LogP contribution is 2.24. The summed E-state index contributed by atoms with van der Waals surface area (Å²) in [6.45, 7) is 6.03. The molecule has 0 aliphatic carbocycles. The van der Waals surface area contributed by atoms with Crippen molar-refractivity contribution in [1.29, 1.82) is 0 Å². The largest absolute Gasteiger partial charge is 0.389 e. The Morgan fingerprint density at radius 3 is 2.74 bits per heavy atom. The number of benzene rings is 1. The van der Waals surface area contributed by atoms with Crippen LogP contribution in [0.4, 0.5) is 5.69 Å². The number of thiocarbonyl (C=S) groups is 1. The van der Waals surface area contributed by atoms with Crippen LogP contribution >= 0.6 is 23.6 Å². The van der Waals surface area contributed by atoms with Crippen LogP contribution < -0.4 is 10.6 Å². The summed E-state index contributed by atoms with van der Waals surface area (Å²) in [6, 6.07) is 10.5. The predicted octanol–water partition coefficient (Wildman–Crippen LogP) is 3.72. The van der Waals surface area contributed by atoms with Crippen molar-refractivity contribution < 1.29 is 0 Å². The van der Waals surface area contributed by atoms with Gasteiger partial charge < -0.3 is 10.6 Å². The minimum Gasteiger partial charge on any atom is -0.389 e. The van der Waals surface area contributed by atoms with E-state index in [0.29, 0.717) is 4.99 Å². The lowest BCUT2D eigenvalue weighted by atomic mass is 10.1. The third-order valence-corrected chi connectivity index (χ3v) is 4.15. The zero-order valence-corrected chi connectivity index (χ0v) is 12.9. The third kappa shape index (κ3) is 3.33. The Balaban J connectivity index is 2.35. The molecule has 0 saturated heterocycles. The maximum absolute atomic E-state index is 5.86. The van der Waals surface area contributed by atoms with Gasteiger partial charge in [-0.2, -0.15) is 0 Å². The second-order valence-electron chi connectivity index (χ2n) is 4.48. The monoisotopic (exact) mass is 290 g/mol. The molecule has 1 heterocycles. The average molecular weight is 290 g/mol. The Hall–Kier alpha value is -1.39. The van der Waals surface area contributed by atoms with Crippen molar-refractivity contribution >= 4 is 34.2 Å². The zero-order chi connectivity index (χ0) is 13.8. The molecular weight excluding hydrogens is 272 g/mol. The van der Waals surface area contributed by atoms with Gasteiger partial charge in [-0.15, -0.1) is 11.3 Å². The second kappa shape index (κ2) is 6.17. The Kier molecular flexibility index (Phi) is 4.56. The summed E-state index contributed by atoms with van der Waals surface area (Å²) < 4.78 is 0. The van der Waals surface area contributed by atoms with Gasteiger partial charge in [0.2, 0.25) is 0 Å². The second-order valence-corrected chi connectivity index (χ2v) is 5.95. The molecule has 0 aliphatic rings. The summed E-state index contributed by atoms with van der Waals surface area (Å²) in [6.07, 6.45) is 0. The maximum atomic E-state index is 5.86. The van der Waals surface area contributed by atoms with E-state index in [1.54, 1.807) is 11.3 Å². The van der Waals surface area contributed by atoms with Crippen molar-refractivity contribution in [2.24, 2.45) is 5.73 Å². The molecule has 0 atom stereocenters. The minimum atomic E-state index is 0.461. The number of anilines is 1. The number of hydrogen-bond acceptors (Lipinski definition) is 3. The summed E-state index contributed by atoms with van der Waals surface area (Å²) in [5, 5.41) is 2.10. The topological polar surface area (TPSA) is 29.3 Å². The molecule has 0 aliphatic heterocycles. The molecule has 4 heteroatoms. The number of thiophene rings is 1. The van der Waals surface area contributed by atoms with E-state index in [1.807, 2.05) is 0 Å². The Morgan fingerprint density at radius 1 is 1.37 bits per heavy atom. The van der Waals surface area contributed by atoms with Crippen LogP contribution in [0.5, 0.6) is 0 Å². The van der Waals surface area contributed by atoms with Crippen LogP contribution in [0.3, 0.4) is 0 Å². The van der Waals surface area contributed by atoms with Gasteiger partial charge in [0.25, 0.3) is 0 Å². The van der Waals surface area contributed by atoms with E-state index < -0.39 is 0 Å². The third-order valence-electron chi connectivity index (χ3n) is 3.07. The number of hydrogen-bond donors (Lipinski definition) is 1. The molecular formula is C15H18N2S2. The first kappa shape index (κ1) is 14.0. The van der Waals surface area contributed by atoms with Gasteiger partial charge in [0, 0.05) is 22.7 Å². The average Bonchev–Trinajstić information content (AvgIpc) is 2.89. The van der Waals surface area contributed by atoms with Gasteiger partial charge >= 0.3 is 0 Å². The number of aryl methyl sites for hydroxylation is 1. The summed E-state index contributed by atoms with van der Waals surface area (Å²) >= 11 is 6.95. The number of nitrogens with two attached hydrogens (primary N) is 1. The van der Waals surface area contributed by atoms with Gasteiger partial charge in [0.05, 0.1) is 6.54 Å². The molecule has 0 unspecified atom stereocenters. The number of nitrogens with zero attached hydrogens (tertiary/aromatic N) is 1. The molecule has 1 aromatic carbocycles. The lowest BCUT2D eigenvalue weighted by Gasteiger charge is -2.25. The Morgan fingerprint density at radius 2 is 2.16 bits per heavy atom. The zero-order valence-electron chi connectivity index (χ0n) is 11.2. The van der Waals surface area contributed by atoms with Crippen LogP contribution in [0.25, 0.3) is 0 Å². The SMILES string of the molecule is CCN(Cc1cccs1)c1ccc(C)cc1C(N)=S. The fourth-order valence-corrected chi connectivity index (χ4v) is 2.96. The van der Waals surface area contributed by atoms with Gasteiger partial charge in [-0.25, -0.2) is 0 Å². The molecule has 2 N–H and O–H groups in total. The fraction of sp³-hybridized carbons (Fsp3) is 0.267. The van der Waals surface area contributed by atoms with Gasteiger partial charge in [-0.05, 0) is 37.4 Å². The van der Waals surface area contributed by atoms with Crippen LogP contribution in [0, 0.1) is 6.92 Å². The van der Waals surface area contributed by atoms with Crippen molar-refractivity contribution in [3.05, 3.63) is 51.7 Å². The van der Waals surface area contributed by atoms with E-state index in [0.717, 1.165) is 24.3 Å². The van der Waals surface area contributed by atoms with Crippen molar-refractivity contribution in [2.45, 2.75) is 20.4 Å². The quantitative estimate of drug-likeness (QED) is 0.851.